The minimum atomic E-state index is 0.0348. The maximum Gasteiger partial charge on any atom is 0.234 e. The first-order valence-corrected chi connectivity index (χ1v) is 8.91. The third-order valence-corrected chi connectivity index (χ3v) is 4.67. The Morgan fingerprint density at radius 2 is 2.00 bits per heavy atom. The van der Waals surface area contributed by atoms with Gasteiger partial charge in [0.1, 0.15) is 11.3 Å². The summed E-state index contributed by atoms with van der Waals surface area (Å²) >= 11 is 0. The fourth-order valence-electron chi connectivity index (χ4n) is 3.21. The molecule has 7 nitrogen and oxygen atoms in total. The van der Waals surface area contributed by atoms with E-state index in [9.17, 15) is 9.59 Å². The van der Waals surface area contributed by atoms with Crippen molar-refractivity contribution in [1.82, 2.24) is 15.1 Å². The molecule has 3 rings (SSSR count). The summed E-state index contributed by atoms with van der Waals surface area (Å²) in [5, 5.41) is 3.74. The predicted octanol–water partition coefficient (Wildman–Crippen LogP) is 1.26. The Balaban J connectivity index is 1.55. The molecule has 2 amide bonds. The van der Waals surface area contributed by atoms with Gasteiger partial charge in [-0.25, -0.2) is 0 Å². The molecule has 1 aliphatic heterocycles. The summed E-state index contributed by atoms with van der Waals surface area (Å²) in [6.07, 6.45) is 1.96. The average Bonchev–Trinajstić information content (AvgIpc) is 3.04. The predicted molar refractivity (Wildman–Crippen MR) is 98.2 cm³/mol. The molecule has 0 unspecified atom stereocenters. The summed E-state index contributed by atoms with van der Waals surface area (Å²) in [7, 11) is 1.61. The second kappa shape index (κ2) is 8.23. The van der Waals surface area contributed by atoms with Crippen molar-refractivity contribution in [2.75, 3.05) is 46.4 Å². The summed E-state index contributed by atoms with van der Waals surface area (Å²) in [4.78, 5) is 28.2. The lowest BCUT2D eigenvalue weighted by Gasteiger charge is -2.34. The topological polar surface area (TPSA) is 75.0 Å². The first-order valence-electron chi connectivity index (χ1n) is 8.91. The Morgan fingerprint density at radius 3 is 2.69 bits per heavy atom. The lowest BCUT2D eigenvalue weighted by atomic mass is 10.1. The van der Waals surface area contributed by atoms with Crippen molar-refractivity contribution in [1.29, 1.82) is 0 Å². The number of fused-ring (bicyclic) bond motifs is 1. The number of nitrogens with one attached hydrogen (secondary N) is 1. The van der Waals surface area contributed by atoms with Crippen LogP contribution in [0.3, 0.4) is 0 Å². The number of piperazine rings is 1. The van der Waals surface area contributed by atoms with Crippen molar-refractivity contribution >= 4 is 22.8 Å². The fourth-order valence-corrected chi connectivity index (χ4v) is 3.21. The van der Waals surface area contributed by atoms with Crippen molar-refractivity contribution in [3.8, 4) is 5.75 Å². The van der Waals surface area contributed by atoms with Crippen molar-refractivity contribution in [3.05, 3.63) is 30.0 Å². The van der Waals surface area contributed by atoms with Gasteiger partial charge in [0.25, 0.3) is 0 Å². The van der Waals surface area contributed by atoms with Crippen LogP contribution in [0, 0.1) is 0 Å². The largest absolute Gasteiger partial charge is 0.497 e. The van der Waals surface area contributed by atoms with Gasteiger partial charge in [-0.15, -0.1) is 0 Å². The van der Waals surface area contributed by atoms with E-state index in [0.717, 1.165) is 22.3 Å². The van der Waals surface area contributed by atoms with E-state index < -0.39 is 0 Å². The molecule has 0 aliphatic carbocycles. The van der Waals surface area contributed by atoms with Gasteiger partial charge < -0.3 is 19.4 Å². The molecule has 2 heterocycles. The molecule has 1 aliphatic rings. The van der Waals surface area contributed by atoms with Crippen LogP contribution in [-0.2, 0) is 16.0 Å². The van der Waals surface area contributed by atoms with E-state index in [1.165, 1.54) is 0 Å². The first-order chi connectivity index (χ1) is 12.6. The molecule has 1 N–H and O–H groups in total. The van der Waals surface area contributed by atoms with E-state index >= 15 is 0 Å². The standard InChI is InChI=1S/C19H25N3O4/c1-3-20-18(23)12-21-6-8-22(9-7-21)19(24)10-14-13-26-17-11-15(25-2)4-5-16(14)17/h4-5,11,13H,3,6-10,12H2,1-2H3,(H,20,23). The van der Waals surface area contributed by atoms with E-state index in [-0.39, 0.29) is 11.8 Å². The second-order valence-corrected chi connectivity index (χ2v) is 6.41. The minimum Gasteiger partial charge on any atom is -0.497 e. The van der Waals surface area contributed by atoms with Gasteiger partial charge in [-0.1, -0.05) is 0 Å². The Morgan fingerprint density at radius 1 is 1.23 bits per heavy atom. The zero-order valence-corrected chi connectivity index (χ0v) is 15.3. The maximum atomic E-state index is 12.6. The highest BCUT2D eigenvalue weighted by atomic mass is 16.5. The van der Waals surface area contributed by atoms with Crippen LogP contribution in [0.4, 0.5) is 0 Å². The molecule has 2 aromatic rings. The van der Waals surface area contributed by atoms with E-state index in [4.69, 9.17) is 9.15 Å². The highest BCUT2D eigenvalue weighted by Crippen LogP contribution is 2.26. The molecule has 1 saturated heterocycles. The molecule has 1 aromatic carbocycles. The Bertz CT molecular complexity index is 778. The zero-order chi connectivity index (χ0) is 18.5. The number of furan rings is 1. The van der Waals surface area contributed by atoms with E-state index in [1.54, 1.807) is 13.4 Å². The van der Waals surface area contributed by atoms with E-state index in [1.807, 2.05) is 30.0 Å². The van der Waals surface area contributed by atoms with Gasteiger partial charge >= 0.3 is 0 Å². The highest BCUT2D eigenvalue weighted by molar-refractivity contribution is 5.88. The van der Waals surface area contributed by atoms with Crippen LogP contribution in [-0.4, -0.2) is 68.0 Å². The van der Waals surface area contributed by atoms with Gasteiger partial charge in [-0.3, -0.25) is 14.5 Å². The monoisotopic (exact) mass is 359 g/mol. The molecule has 26 heavy (non-hydrogen) atoms. The number of benzene rings is 1. The minimum absolute atomic E-state index is 0.0348. The van der Waals surface area contributed by atoms with Crippen LogP contribution >= 0.6 is 0 Å². The molecule has 0 saturated carbocycles. The summed E-state index contributed by atoms with van der Waals surface area (Å²) in [6.45, 7) is 5.65. The number of hydrogen-bond donors (Lipinski definition) is 1. The van der Waals surface area contributed by atoms with Crippen LogP contribution in [0.2, 0.25) is 0 Å². The van der Waals surface area contributed by atoms with Crippen molar-refractivity contribution in [3.63, 3.8) is 0 Å². The number of rotatable bonds is 6. The lowest BCUT2D eigenvalue weighted by molar-refractivity contribution is -0.132. The van der Waals surface area contributed by atoms with Crippen LogP contribution in [0.5, 0.6) is 5.75 Å². The van der Waals surface area contributed by atoms with Crippen molar-refractivity contribution in [2.45, 2.75) is 13.3 Å². The Kier molecular flexibility index (Phi) is 5.78. The van der Waals surface area contributed by atoms with Gasteiger partial charge in [-0.2, -0.15) is 0 Å². The molecule has 140 valence electrons. The fraction of sp³-hybridized carbons (Fsp3) is 0.474. The molecule has 1 fully saturated rings. The Hall–Kier alpha value is -2.54. The molecular weight excluding hydrogens is 334 g/mol. The third kappa shape index (κ3) is 4.16. The smallest absolute Gasteiger partial charge is 0.234 e. The van der Waals surface area contributed by atoms with Gasteiger partial charge in [0.2, 0.25) is 11.8 Å². The third-order valence-electron chi connectivity index (χ3n) is 4.67. The molecule has 0 radical (unpaired) electrons. The summed E-state index contributed by atoms with van der Waals surface area (Å²) in [5.41, 5.74) is 1.61. The van der Waals surface area contributed by atoms with Crippen molar-refractivity contribution in [2.24, 2.45) is 0 Å². The van der Waals surface area contributed by atoms with E-state index in [0.29, 0.717) is 45.7 Å². The number of methoxy groups -OCH3 is 1. The number of hydrogen-bond acceptors (Lipinski definition) is 5. The number of likely N-dealkylation sites (N-methyl/N-ethyl adjacent to an activating group) is 1. The SMILES string of the molecule is CCNC(=O)CN1CCN(C(=O)Cc2coc3cc(OC)ccc23)CC1. The van der Waals surface area contributed by atoms with Crippen LogP contribution in [0.15, 0.2) is 28.9 Å². The number of ether oxygens (including phenoxy) is 1. The molecule has 0 atom stereocenters. The number of carbonyl (C=O) groups is 2. The van der Waals surface area contributed by atoms with Crippen LogP contribution < -0.4 is 10.1 Å². The molecule has 7 heteroatoms. The maximum absolute atomic E-state index is 12.6. The summed E-state index contributed by atoms with van der Waals surface area (Å²) in [6, 6.07) is 5.61. The average molecular weight is 359 g/mol. The van der Waals surface area contributed by atoms with E-state index in [2.05, 4.69) is 10.2 Å². The lowest BCUT2D eigenvalue weighted by Crippen LogP contribution is -2.51. The first kappa shape index (κ1) is 18.3. The molecule has 0 bridgehead atoms. The van der Waals surface area contributed by atoms with Crippen LogP contribution in [0.1, 0.15) is 12.5 Å². The molecular formula is C19H25N3O4. The quantitative estimate of drug-likeness (QED) is 0.841. The van der Waals surface area contributed by atoms with Gasteiger partial charge in [-0.05, 0) is 19.1 Å². The highest BCUT2D eigenvalue weighted by Gasteiger charge is 2.23. The molecule has 0 spiro atoms. The molecule has 1 aromatic heterocycles. The van der Waals surface area contributed by atoms with Crippen LogP contribution in [0.25, 0.3) is 11.0 Å². The summed E-state index contributed by atoms with van der Waals surface area (Å²) in [5.74, 6) is 0.849. The number of amides is 2. The number of nitrogens with zero attached hydrogens (tertiary/aromatic N) is 2. The summed E-state index contributed by atoms with van der Waals surface area (Å²) < 4.78 is 10.8. The van der Waals surface area contributed by atoms with Crippen molar-refractivity contribution < 1.29 is 18.7 Å². The zero-order valence-electron chi connectivity index (χ0n) is 15.3. The number of carbonyl (C=O) groups excluding carboxylic acids is 2. The normalized spacial score (nSPS) is 15.2. The van der Waals surface area contributed by atoms with Gasteiger partial charge in [0.05, 0.1) is 26.3 Å². The Labute approximate surface area is 152 Å². The second-order valence-electron chi connectivity index (χ2n) is 6.41. The van der Waals surface area contributed by atoms with Gasteiger partial charge in [0.15, 0.2) is 0 Å². The van der Waals surface area contributed by atoms with Gasteiger partial charge in [0, 0.05) is 49.7 Å².